The maximum Gasteiger partial charge on any atom is 0.243 e. The standard InChI is InChI=1S/C13H17FN2O3S2/c1-19-8-9-5-6-16(7-9)21(17,18)11-4-2-3-10(14)12(11)13(15)20/h2-4,9H,5-8H2,1H3,(H2,15,20). The summed E-state index contributed by atoms with van der Waals surface area (Å²) in [5, 5.41) is 0. The second-order valence-electron chi connectivity index (χ2n) is 4.95. The smallest absolute Gasteiger partial charge is 0.243 e. The average molecular weight is 332 g/mol. The first-order valence-electron chi connectivity index (χ1n) is 6.45. The molecule has 0 aromatic heterocycles. The Labute approximate surface area is 128 Å². The summed E-state index contributed by atoms with van der Waals surface area (Å²) in [6, 6.07) is 3.81. The summed E-state index contributed by atoms with van der Waals surface area (Å²) in [6.45, 7) is 1.23. The molecule has 116 valence electrons. The fraction of sp³-hybridized carbons (Fsp3) is 0.462. The van der Waals surface area contributed by atoms with E-state index >= 15 is 0 Å². The van der Waals surface area contributed by atoms with Crippen molar-refractivity contribution in [2.75, 3.05) is 26.8 Å². The van der Waals surface area contributed by atoms with Gasteiger partial charge in [0.15, 0.2) is 0 Å². The van der Waals surface area contributed by atoms with Gasteiger partial charge in [-0.25, -0.2) is 12.8 Å². The van der Waals surface area contributed by atoms with Gasteiger partial charge in [0.2, 0.25) is 10.0 Å². The number of ether oxygens (including phenoxy) is 1. The lowest BCUT2D eigenvalue weighted by molar-refractivity contribution is 0.157. The molecule has 0 aliphatic carbocycles. The van der Waals surface area contributed by atoms with E-state index in [0.29, 0.717) is 26.1 Å². The van der Waals surface area contributed by atoms with Crippen LogP contribution in [0.3, 0.4) is 0 Å². The van der Waals surface area contributed by atoms with Crippen molar-refractivity contribution in [1.29, 1.82) is 0 Å². The van der Waals surface area contributed by atoms with Crippen molar-refractivity contribution >= 4 is 27.2 Å². The summed E-state index contributed by atoms with van der Waals surface area (Å²) in [4.78, 5) is -0.438. The highest BCUT2D eigenvalue weighted by Gasteiger charge is 2.34. The van der Waals surface area contributed by atoms with Gasteiger partial charge in [-0.1, -0.05) is 18.3 Å². The predicted molar refractivity (Wildman–Crippen MR) is 81.0 cm³/mol. The Hall–Kier alpha value is -1.09. The Morgan fingerprint density at radius 1 is 1.57 bits per heavy atom. The molecule has 0 radical (unpaired) electrons. The first-order chi connectivity index (χ1) is 9.87. The lowest BCUT2D eigenvalue weighted by Gasteiger charge is -2.18. The fourth-order valence-electron chi connectivity index (χ4n) is 2.48. The molecule has 1 aliphatic rings. The Morgan fingerprint density at radius 2 is 2.29 bits per heavy atom. The molecule has 1 aliphatic heterocycles. The van der Waals surface area contributed by atoms with E-state index in [-0.39, 0.29) is 21.4 Å². The molecule has 8 heteroatoms. The summed E-state index contributed by atoms with van der Waals surface area (Å²) < 4.78 is 45.6. The van der Waals surface area contributed by atoms with Crippen LogP contribution in [0, 0.1) is 11.7 Å². The van der Waals surface area contributed by atoms with Gasteiger partial charge in [-0.05, 0) is 24.5 Å². The van der Waals surface area contributed by atoms with E-state index in [1.54, 1.807) is 7.11 Å². The Balaban J connectivity index is 2.38. The van der Waals surface area contributed by atoms with Gasteiger partial charge in [-0.15, -0.1) is 0 Å². The molecule has 1 saturated heterocycles. The van der Waals surface area contributed by atoms with E-state index in [2.05, 4.69) is 0 Å². The van der Waals surface area contributed by atoms with E-state index in [9.17, 15) is 12.8 Å². The molecule has 0 spiro atoms. The largest absolute Gasteiger partial charge is 0.389 e. The Morgan fingerprint density at radius 3 is 2.90 bits per heavy atom. The van der Waals surface area contributed by atoms with Gasteiger partial charge in [-0.3, -0.25) is 0 Å². The van der Waals surface area contributed by atoms with Gasteiger partial charge in [0.25, 0.3) is 0 Å². The maximum atomic E-state index is 13.8. The van der Waals surface area contributed by atoms with Crippen molar-refractivity contribution in [2.24, 2.45) is 11.7 Å². The van der Waals surface area contributed by atoms with Crippen molar-refractivity contribution in [3.05, 3.63) is 29.6 Å². The number of nitrogens with zero attached hydrogens (tertiary/aromatic N) is 1. The fourth-order valence-corrected chi connectivity index (χ4v) is 4.50. The molecule has 2 N–H and O–H groups in total. The Bertz CT molecular complexity index is 649. The zero-order valence-corrected chi connectivity index (χ0v) is 13.2. The van der Waals surface area contributed by atoms with Gasteiger partial charge in [0.1, 0.15) is 10.8 Å². The van der Waals surface area contributed by atoms with Crippen LogP contribution in [0.5, 0.6) is 0 Å². The molecule has 1 atom stereocenters. The molecular weight excluding hydrogens is 315 g/mol. The molecule has 0 bridgehead atoms. The van der Waals surface area contributed by atoms with Crippen LogP contribution in [0.4, 0.5) is 4.39 Å². The molecule has 5 nitrogen and oxygen atoms in total. The van der Waals surface area contributed by atoms with E-state index < -0.39 is 15.8 Å². The highest BCUT2D eigenvalue weighted by molar-refractivity contribution is 7.89. The summed E-state index contributed by atoms with van der Waals surface area (Å²) in [5.74, 6) is -0.581. The van der Waals surface area contributed by atoms with Crippen molar-refractivity contribution in [1.82, 2.24) is 4.31 Å². The third kappa shape index (κ3) is 3.23. The van der Waals surface area contributed by atoms with Crippen LogP contribution < -0.4 is 5.73 Å². The second kappa shape index (κ2) is 6.35. The molecule has 2 rings (SSSR count). The topological polar surface area (TPSA) is 72.6 Å². The van der Waals surface area contributed by atoms with Gasteiger partial charge in [0.05, 0.1) is 17.1 Å². The van der Waals surface area contributed by atoms with Crippen LogP contribution in [0.2, 0.25) is 0 Å². The van der Waals surface area contributed by atoms with Crippen LogP contribution in [0.15, 0.2) is 23.1 Å². The van der Waals surface area contributed by atoms with Crippen molar-refractivity contribution in [3.63, 3.8) is 0 Å². The lowest BCUT2D eigenvalue weighted by atomic mass is 10.1. The Kier molecular flexibility index (Phi) is 4.92. The number of rotatable bonds is 5. The summed E-state index contributed by atoms with van der Waals surface area (Å²) >= 11 is 4.78. The molecular formula is C13H17FN2O3S2. The molecule has 1 unspecified atom stereocenters. The zero-order chi connectivity index (χ0) is 15.6. The lowest BCUT2D eigenvalue weighted by Crippen LogP contribution is -2.31. The maximum absolute atomic E-state index is 13.8. The molecule has 1 fully saturated rings. The number of hydrogen-bond acceptors (Lipinski definition) is 4. The highest BCUT2D eigenvalue weighted by atomic mass is 32.2. The van der Waals surface area contributed by atoms with Crippen LogP contribution in [0.1, 0.15) is 12.0 Å². The number of sulfonamides is 1. The van der Waals surface area contributed by atoms with E-state index in [1.807, 2.05) is 0 Å². The predicted octanol–water partition coefficient (Wildman–Crippen LogP) is 1.12. The van der Waals surface area contributed by atoms with Crippen LogP contribution in [0.25, 0.3) is 0 Å². The van der Waals surface area contributed by atoms with Crippen LogP contribution in [-0.2, 0) is 14.8 Å². The molecule has 21 heavy (non-hydrogen) atoms. The minimum atomic E-state index is -3.82. The first-order valence-corrected chi connectivity index (χ1v) is 8.30. The number of hydrogen-bond donors (Lipinski definition) is 1. The van der Waals surface area contributed by atoms with Gasteiger partial charge in [0, 0.05) is 20.2 Å². The average Bonchev–Trinajstić information content (AvgIpc) is 2.87. The van der Waals surface area contributed by atoms with Gasteiger partial charge < -0.3 is 10.5 Å². The molecule has 1 aromatic carbocycles. The van der Waals surface area contributed by atoms with E-state index in [1.165, 1.54) is 16.4 Å². The number of thiocarbonyl (C=S) groups is 1. The van der Waals surface area contributed by atoms with Crippen molar-refractivity contribution in [3.8, 4) is 0 Å². The normalized spacial score (nSPS) is 19.8. The summed E-state index contributed by atoms with van der Waals surface area (Å²) in [5.41, 5.74) is 5.25. The van der Waals surface area contributed by atoms with Crippen molar-refractivity contribution in [2.45, 2.75) is 11.3 Å². The molecule has 1 aromatic rings. The molecule has 1 heterocycles. The molecule has 0 saturated carbocycles. The number of nitrogens with two attached hydrogens (primary N) is 1. The zero-order valence-electron chi connectivity index (χ0n) is 11.6. The third-order valence-electron chi connectivity index (χ3n) is 3.49. The summed E-state index contributed by atoms with van der Waals surface area (Å²) in [6.07, 6.45) is 0.713. The van der Waals surface area contributed by atoms with Gasteiger partial charge in [-0.2, -0.15) is 4.31 Å². The third-order valence-corrected chi connectivity index (χ3v) is 5.60. The number of benzene rings is 1. The summed E-state index contributed by atoms with van der Waals surface area (Å²) in [7, 11) is -2.24. The van der Waals surface area contributed by atoms with Crippen LogP contribution in [-0.4, -0.2) is 44.5 Å². The van der Waals surface area contributed by atoms with Crippen molar-refractivity contribution < 1.29 is 17.5 Å². The SMILES string of the molecule is COCC1CCN(S(=O)(=O)c2cccc(F)c2C(N)=S)C1. The minimum absolute atomic E-state index is 0.145. The quantitative estimate of drug-likeness (QED) is 0.818. The van der Waals surface area contributed by atoms with E-state index in [0.717, 1.165) is 6.07 Å². The molecule has 0 amide bonds. The number of halogens is 1. The van der Waals surface area contributed by atoms with Crippen LogP contribution >= 0.6 is 12.2 Å². The van der Waals surface area contributed by atoms with Gasteiger partial charge >= 0.3 is 0 Å². The highest BCUT2D eigenvalue weighted by Crippen LogP contribution is 2.27. The number of methoxy groups -OCH3 is 1. The minimum Gasteiger partial charge on any atom is -0.389 e. The first kappa shape index (κ1) is 16.3. The second-order valence-corrected chi connectivity index (χ2v) is 7.30. The van der Waals surface area contributed by atoms with E-state index in [4.69, 9.17) is 22.7 Å². The monoisotopic (exact) mass is 332 g/mol.